The molecule has 1 aromatic heterocycles. The van der Waals surface area contributed by atoms with Crippen LogP contribution in [0, 0.1) is 0 Å². The minimum Gasteiger partial charge on any atom is -0.497 e. The zero-order chi connectivity index (χ0) is 18.6. The zero-order valence-electron chi connectivity index (χ0n) is 15.2. The Hall–Kier alpha value is -3.53. The third-order valence-electron chi connectivity index (χ3n) is 4.31. The van der Waals surface area contributed by atoms with E-state index in [4.69, 9.17) is 18.9 Å². The summed E-state index contributed by atoms with van der Waals surface area (Å²) in [6.45, 7) is 0. The van der Waals surface area contributed by atoms with Gasteiger partial charge in [-0.2, -0.15) is 0 Å². The van der Waals surface area contributed by atoms with Crippen molar-refractivity contribution < 1.29 is 13.9 Å². The normalized spacial score (nSPS) is 11.6. The maximum Gasteiger partial charge on any atom is 0.137 e. The van der Waals surface area contributed by atoms with Gasteiger partial charge in [-0.05, 0) is 30.3 Å². The number of hydrogen-bond acceptors (Lipinski definition) is 4. The Morgan fingerprint density at radius 1 is 0.741 bits per heavy atom. The lowest BCUT2D eigenvalue weighted by Gasteiger charge is -2.07. The van der Waals surface area contributed by atoms with Crippen molar-refractivity contribution in [2.45, 2.75) is 0 Å². The molecule has 0 amide bonds. The predicted octanol–water partition coefficient (Wildman–Crippen LogP) is 5.35. The van der Waals surface area contributed by atoms with Crippen LogP contribution in [0.1, 0.15) is 0 Å². The standard InChI is InChI=1S/C23H19NO3/c1-25-18-10-6-9-17(13-18)24-21-15-23(16-7-4-3-5-8-16)27-22-12-11-19(26-2)14-20(21)22/h3-15H,1-2H3. The van der Waals surface area contributed by atoms with E-state index in [0.29, 0.717) is 0 Å². The highest BCUT2D eigenvalue weighted by molar-refractivity contribution is 5.80. The summed E-state index contributed by atoms with van der Waals surface area (Å²) in [4.78, 5) is 4.84. The summed E-state index contributed by atoms with van der Waals surface area (Å²) in [7, 11) is 3.30. The third-order valence-corrected chi connectivity index (χ3v) is 4.31. The second kappa shape index (κ2) is 7.38. The first-order chi connectivity index (χ1) is 13.3. The molecule has 4 heteroatoms. The summed E-state index contributed by atoms with van der Waals surface area (Å²) in [5, 5.41) is 1.69. The molecule has 4 nitrogen and oxygen atoms in total. The Balaban J connectivity index is 1.99. The van der Waals surface area contributed by atoms with Crippen LogP contribution in [0.3, 0.4) is 0 Å². The molecule has 4 aromatic rings. The van der Waals surface area contributed by atoms with Crippen molar-refractivity contribution in [3.63, 3.8) is 0 Å². The van der Waals surface area contributed by atoms with Gasteiger partial charge in [-0.25, -0.2) is 4.99 Å². The van der Waals surface area contributed by atoms with Gasteiger partial charge in [0.1, 0.15) is 22.8 Å². The average Bonchev–Trinajstić information content (AvgIpc) is 2.74. The molecule has 0 saturated carbocycles. The molecule has 1 heterocycles. The molecule has 0 spiro atoms. The number of rotatable bonds is 4. The fraction of sp³-hybridized carbons (Fsp3) is 0.0870. The molecule has 4 rings (SSSR count). The van der Waals surface area contributed by atoms with E-state index in [9.17, 15) is 0 Å². The number of methoxy groups -OCH3 is 2. The second-order valence-electron chi connectivity index (χ2n) is 6.04. The molecule has 134 valence electrons. The molecule has 0 radical (unpaired) electrons. The molecular formula is C23H19NO3. The summed E-state index contributed by atoms with van der Waals surface area (Å²) < 4.78 is 16.8. The molecule has 0 atom stereocenters. The lowest BCUT2D eigenvalue weighted by molar-refractivity contribution is 0.415. The van der Waals surface area contributed by atoms with Crippen LogP contribution in [0.5, 0.6) is 11.5 Å². The van der Waals surface area contributed by atoms with Crippen LogP contribution in [-0.4, -0.2) is 14.2 Å². The Morgan fingerprint density at radius 2 is 1.52 bits per heavy atom. The Bertz CT molecular complexity index is 1150. The summed E-state index contributed by atoms with van der Waals surface area (Å²) in [6, 6.07) is 25.3. The van der Waals surface area contributed by atoms with Gasteiger partial charge in [0.05, 0.1) is 25.3 Å². The SMILES string of the molecule is COc1cccc(N=c2cc(-c3ccccc3)oc3ccc(OC)cc23)c1. The number of hydrogen-bond donors (Lipinski definition) is 0. The van der Waals surface area contributed by atoms with E-state index < -0.39 is 0 Å². The largest absolute Gasteiger partial charge is 0.497 e. The first-order valence-corrected chi connectivity index (χ1v) is 8.63. The number of ether oxygens (including phenoxy) is 2. The van der Waals surface area contributed by atoms with Crippen molar-refractivity contribution in [3.8, 4) is 22.8 Å². The molecule has 0 fully saturated rings. The fourth-order valence-corrected chi connectivity index (χ4v) is 2.93. The minimum absolute atomic E-state index is 0.749. The van der Waals surface area contributed by atoms with Crippen LogP contribution >= 0.6 is 0 Å². The molecule has 0 aliphatic carbocycles. The van der Waals surface area contributed by atoms with Gasteiger partial charge in [-0.1, -0.05) is 36.4 Å². The van der Waals surface area contributed by atoms with Gasteiger partial charge < -0.3 is 13.9 Å². The Labute approximate surface area is 157 Å². The van der Waals surface area contributed by atoms with Gasteiger partial charge in [-0.3, -0.25) is 0 Å². The topological polar surface area (TPSA) is 44.0 Å². The van der Waals surface area contributed by atoms with Crippen molar-refractivity contribution in [1.29, 1.82) is 0 Å². The van der Waals surface area contributed by atoms with E-state index in [1.807, 2.05) is 78.9 Å². The smallest absolute Gasteiger partial charge is 0.137 e. The lowest BCUT2D eigenvalue weighted by atomic mass is 10.1. The molecule has 0 bridgehead atoms. The van der Waals surface area contributed by atoms with Crippen molar-refractivity contribution >= 4 is 16.7 Å². The van der Waals surface area contributed by atoms with Gasteiger partial charge in [0.2, 0.25) is 0 Å². The van der Waals surface area contributed by atoms with E-state index in [1.54, 1.807) is 14.2 Å². The summed E-state index contributed by atoms with van der Waals surface area (Å²) >= 11 is 0. The van der Waals surface area contributed by atoms with Crippen LogP contribution in [0.25, 0.3) is 22.3 Å². The second-order valence-corrected chi connectivity index (χ2v) is 6.04. The van der Waals surface area contributed by atoms with E-state index in [2.05, 4.69) is 0 Å². The molecule has 0 unspecified atom stereocenters. The van der Waals surface area contributed by atoms with Gasteiger partial charge in [0.15, 0.2) is 0 Å². The first-order valence-electron chi connectivity index (χ1n) is 8.63. The summed E-state index contributed by atoms with van der Waals surface area (Å²) in [5.74, 6) is 2.28. The predicted molar refractivity (Wildman–Crippen MR) is 106 cm³/mol. The van der Waals surface area contributed by atoms with Gasteiger partial charge >= 0.3 is 0 Å². The third kappa shape index (κ3) is 3.55. The molecular weight excluding hydrogens is 338 g/mol. The van der Waals surface area contributed by atoms with Crippen LogP contribution in [-0.2, 0) is 0 Å². The molecule has 0 saturated heterocycles. The van der Waals surface area contributed by atoms with E-state index >= 15 is 0 Å². The van der Waals surface area contributed by atoms with Crippen molar-refractivity contribution in [2.75, 3.05) is 14.2 Å². The monoisotopic (exact) mass is 357 g/mol. The van der Waals surface area contributed by atoms with Gasteiger partial charge in [0, 0.05) is 23.1 Å². The van der Waals surface area contributed by atoms with Crippen LogP contribution in [0.4, 0.5) is 5.69 Å². The molecule has 27 heavy (non-hydrogen) atoms. The first kappa shape index (κ1) is 16.9. The number of fused-ring (bicyclic) bond motifs is 1. The lowest BCUT2D eigenvalue weighted by Crippen LogP contribution is -2.03. The van der Waals surface area contributed by atoms with Crippen molar-refractivity contribution in [3.05, 3.63) is 84.2 Å². The summed E-state index contributed by atoms with van der Waals surface area (Å²) in [5.41, 5.74) is 2.56. The minimum atomic E-state index is 0.749. The summed E-state index contributed by atoms with van der Waals surface area (Å²) in [6.07, 6.45) is 0. The van der Waals surface area contributed by atoms with Crippen molar-refractivity contribution in [2.24, 2.45) is 4.99 Å². The maximum absolute atomic E-state index is 6.13. The molecule has 0 N–H and O–H groups in total. The molecule has 0 aliphatic rings. The van der Waals surface area contributed by atoms with Gasteiger partial charge in [0.25, 0.3) is 0 Å². The van der Waals surface area contributed by atoms with Crippen LogP contribution in [0.15, 0.2) is 88.3 Å². The Morgan fingerprint density at radius 3 is 2.30 bits per heavy atom. The number of nitrogens with zero attached hydrogens (tertiary/aromatic N) is 1. The number of benzene rings is 3. The average molecular weight is 357 g/mol. The highest BCUT2D eigenvalue weighted by atomic mass is 16.5. The van der Waals surface area contributed by atoms with Crippen molar-refractivity contribution in [1.82, 2.24) is 0 Å². The van der Waals surface area contributed by atoms with E-state index in [0.717, 1.165) is 44.8 Å². The highest BCUT2D eigenvalue weighted by Gasteiger charge is 2.07. The van der Waals surface area contributed by atoms with Crippen LogP contribution in [0.2, 0.25) is 0 Å². The quantitative estimate of drug-likeness (QED) is 0.494. The maximum atomic E-state index is 6.13. The zero-order valence-corrected chi connectivity index (χ0v) is 15.2. The van der Waals surface area contributed by atoms with Crippen LogP contribution < -0.4 is 14.8 Å². The van der Waals surface area contributed by atoms with Gasteiger partial charge in [-0.15, -0.1) is 0 Å². The van der Waals surface area contributed by atoms with E-state index in [-0.39, 0.29) is 0 Å². The Kier molecular flexibility index (Phi) is 4.62. The molecule has 3 aromatic carbocycles. The molecule has 0 aliphatic heterocycles. The van der Waals surface area contributed by atoms with E-state index in [1.165, 1.54) is 0 Å². The fourth-order valence-electron chi connectivity index (χ4n) is 2.93. The highest BCUT2D eigenvalue weighted by Crippen LogP contribution is 2.25.